The van der Waals surface area contributed by atoms with Crippen molar-refractivity contribution in [2.24, 2.45) is 0 Å². The van der Waals surface area contributed by atoms with E-state index in [9.17, 15) is 4.79 Å². The SMILES string of the molecule is C[C@@H](O)[C@H](O)C(O)(O)C(=O)CO. The van der Waals surface area contributed by atoms with Crippen LogP contribution in [0.2, 0.25) is 0 Å². The van der Waals surface area contributed by atoms with Crippen LogP contribution in [0.5, 0.6) is 0 Å². The van der Waals surface area contributed by atoms with Crippen molar-refractivity contribution in [1.29, 1.82) is 0 Å². The Morgan fingerprint density at radius 2 is 1.83 bits per heavy atom. The van der Waals surface area contributed by atoms with Crippen LogP contribution in [0.15, 0.2) is 0 Å². The summed E-state index contributed by atoms with van der Waals surface area (Å²) in [5, 5.41) is 43.5. The van der Waals surface area contributed by atoms with Gasteiger partial charge in [0.2, 0.25) is 5.78 Å². The Hall–Kier alpha value is -0.530. The lowest BCUT2D eigenvalue weighted by Crippen LogP contribution is -2.55. The van der Waals surface area contributed by atoms with E-state index in [1.54, 1.807) is 0 Å². The van der Waals surface area contributed by atoms with Gasteiger partial charge in [-0.15, -0.1) is 0 Å². The molecule has 0 fully saturated rings. The van der Waals surface area contributed by atoms with Crippen molar-refractivity contribution in [2.45, 2.75) is 24.9 Å². The van der Waals surface area contributed by atoms with Crippen molar-refractivity contribution in [3.05, 3.63) is 0 Å². The normalized spacial score (nSPS) is 17.2. The molecule has 0 aliphatic carbocycles. The molecule has 0 aromatic carbocycles. The highest BCUT2D eigenvalue weighted by atomic mass is 16.5. The first-order valence-corrected chi connectivity index (χ1v) is 3.29. The van der Waals surface area contributed by atoms with E-state index >= 15 is 0 Å². The predicted octanol–water partition coefficient (Wildman–Crippen LogP) is -3.03. The highest BCUT2D eigenvalue weighted by Gasteiger charge is 2.42. The second-order valence-electron chi connectivity index (χ2n) is 2.49. The molecule has 0 heterocycles. The molecule has 0 saturated carbocycles. The standard InChI is InChI=1S/C6H12O6/c1-3(8)5(10)6(11,12)4(9)2-7/h3,5,7-8,10-12H,2H2,1H3/t3-,5+/m1/s1. The van der Waals surface area contributed by atoms with Gasteiger partial charge < -0.3 is 25.5 Å². The highest BCUT2D eigenvalue weighted by Crippen LogP contribution is 2.11. The number of Topliss-reactive ketones (excluding diaryl/α,β-unsaturated/α-hetero) is 1. The van der Waals surface area contributed by atoms with Crippen molar-refractivity contribution in [1.82, 2.24) is 0 Å². The maximum Gasteiger partial charge on any atom is 0.255 e. The lowest BCUT2D eigenvalue weighted by molar-refractivity contribution is -0.236. The molecule has 0 bridgehead atoms. The second-order valence-corrected chi connectivity index (χ2v) is 2.49. The van der Waals surface area contributed by atoms with Crippen molar-refractivity contribution >= 4 is 5.78 Å². The zero-order valence-corrected chi connectivity index (χ0v) is 6.51. The fourth-order valence-electron chi connectivity index (χ4n) is 0.618. The first-order valence-electron chi connectivity index (χ1n) is 3.29. The molecule has 0 radical (unpaired) electrons. The summed E-state index contributed by atoms with van der Waals surface area (Å²) in [4.78, 5) is 10.6. The minimum absolute atomic E-state index is 1.08. The van der Waals surface area contributed by atoms with E-state index in [1.807, 2.05) is 0 Å². The number of aliphatic hydroxyl groups is 5. The number of rotatable bonds is 4. The van der Waals surface area contributed by atoms with Gasteiger partial charge in [-0.3, -0.25) is 4.79 Å². The fraction of sp³-hybridized carbons (Fsp3) is 0.833. The monoisotopic (exact) mass is 180 g/mol. The third-order valence-electron chi connectivity index (χ3n) is 1.42. The van der Waals surface area contributed by atoms with Crippen LogP contribution in [0.3, 0.4) is 0 Å². The number of carbonyl (C=O) groups excluding carboxylic acids is 1. The van der Waals surface area contributed by atoms with E-state index in [0.29, 0.717) is 0 Å². The summed E-state index contributed by atoms with van der Waals surface area (Å²) >= 11 is 0. The van der Waals surface area contributed by atoms with Gasteiger partial charge in [0.05, 0.1) is 6.10 Å². The molecule has 0 rings (SSSR count). The topological polar surface area (TPSA) is 118 Å². The summed E-state index contributed by atoms with van der Waals surface area (Å²) in [5.41, 5.74) is 0. The van der Waals surface area contributed by atoms with Crippen LogP contribution in [0.1, 0.15) is 6.92 Å². The van der Waals surface area contributed by atoms with E-state index in [2.05, 4.69) is 0 Å². The molecule has 0 amide bonds. The van der Waals surface area contributed by atoms with Gasteiger partial charge in [0.1, 0.15) is 12.7 Å². The van der Waals surface area contributed by atoms with Gasteiger partial charge in [-0.1, -0.05) is 0 Å². The first-order chi connectivity index (χ1) is 5.34. The average Bonchev–Trinajstić information content (AvgIpc) is 2.01. The number of aliphatic hydroxyl groups excluding tert-OH is 3. The summed E-state index contributed by atoms with van der Waals surface area (Å²) in [6.45, 7) is -0.0344. The van der Waals surface area contributed by atoms with Crippen LogP contribution in [-0.2, 0) is 4.79 Å². The van der Waals surface area contributed by atoms with E-state index < -0.39 is 30.4 Å². The molecule has 0 saturated heterocycles. The zero-order chi connectivity index (χ0) is 9.94. The summed E-state index contributed by atoms with van der Waals surface area (Å²) < 4.78 is 0. The molecule has 0 aromatic rings. The molecule has 0 aliphatic rings. The van der Waals surface area contributed by atoms with Crippen LogP contribution in [0.25, 0.3) is 0 Å². The fourth-order valence-corrected chi connectivity index (χ4v) is 0.618. The van der Waals surface area contributed by atoms with Gasteiger partial charge >= 0.3 is 0 Å². The number of ketones is 1. The van der Waals surface area contributed by atoms with Crippen LogP contribution in [-0.4, -0.2) is 55.9 Å². The van der Waals surface area contributed by atoms with E-state index in [-0.39, 0.29) is 0 Å². The zero-order valence-electron chi connectivity index (χ0n) is 6.51. The lowest BCUT2D eigenvalue weighted by atomic mass is 10.0. The molecule has 5 N–H and O–H groups in total. The predicted molar refractivity (Wildman–Crippen MR) is 36.9 cm³/mol. The summed E-state index contributed by atoms with van der Waals surface area (Å²) in [7, 11) is 0. The molecule has 0 spiro atoms. The Morgan fingerprint density at radius 3 is 2.08 bits per heavy atom. The van der Waals surface area contributed by atoms with Crippen LogP contribution < -0.4 is 0 Å². The quantitative estimate of drug-likeness (QED) is 0.294. The molecule has 0 unspecified atom stereocenters. The molecular weight excluding hydrogens is 168 g/mol. The van der Waals surface area contributed by atoms with Gasteiger partial charge in [0.15, 0.2) is 0 Å². The maximum absolute atomic E-state index is 10.6. The van der Waals surface area contributed by atoms with Gasteiger partial charge in [0.25, 0.3) is 5.79 Å². The molecule has 12 heavy (non-hydrogen) atoms. The van der Waals surface area contributed by atoms with Crippen LogP contribution >= 0.6 is 0 Å². The maximum atomic E-state index is 10.6. The first kappa shape index (κ1) is 11.5. The van der Waals surface area contributed by atoms with E-state index in [1.165, 1.54) is 0 Å². The minimum atomic E-state index is -3.09. The van der Waals surface area contributed by atoms with Gasteiger partial charge in [0, 0.05) is 0 Å². The second kappa shape index (κ2) is 3.92. The number of carbonyl (C=O) groups is 1. The van der Waals surface area contributed by atoms with Crippen molar-refractivity contribution in [2.75, 3.05) is 6.61 Å². The van der Waals surface area contributed by atoms with Crippen molar-refractivity contribution in [3.63, 3.8) is 0 Å². The lowest BCUT2D eigenvalue weighted by Gasteiger charge is -2.26. The molecular formula is C6H12O6. The van der Waals surface area contributed by atoms with Gasteiger partial charge in [-0.05, 0) is 6.92 Å². The van der Waals surface area contributed by atoms with E-state index in [4.69, 9.17) is 25.5 Å². The van der Waals surface area contributed by atoms with Crippen molar-refractivity contribution < 1.29 is 30.3 Å². The molecule has 72 valence electrons. The van der Waals surface area contributed by atoms with Crippen molar-refractivity contribution in [3.8, 4) is 0 Å². The molecule has 0 aromatic heterocycles. The summed E-state index contributed by atoms with van der Waals surface area (Å²) in [5.74, 6) is -4.46. The van der Waals surface area contributed by atoms with E-state index in [0.717, 1.165) is 6.92 Å². The van der Waals surface area contributed by atoms with Crippen LogP contribution in [0, 0.1) is 0 Å². The summed E-state index contributed by atoms with van der Waals surface area (Å²) in [6, 6.07) is 0. The summed E-state index contributed by atoms with van der Waals surface area (Å²) in [6.07, 6.45) is -3.51. The van der Waals surface area contributed by atoms with Crippen LogP contribution in [0.4, 0.5) is 0 Å². The molecule has 2 atom stereocenters. The number of hydrogen-bond acceptors (Lipinski definition) is 6. The Labute approximate surface area is 68.7 Å². The Balaban J connectivity index is 4.48. The average molecular weight is 180 g/mol. The molecule has 6 nitrogen and oxygen atoms in total. The minimum Gasteiger partial charge on any atom is -0.390 e. The molecule has 6 heteroatoms. The number of hydrogen-bond donors (Lipinski definition) is 5. The molecule has 0 aliphatic heterocycles. The third-order valence-corrected chi connectivity index (χ3v) is 1.42. The Kier molecular flexibility index (Phi) is 3.75. The smallest absolute Gasteiger partial charge is 0.255 e. The highest BCUT2D eigenvalue weighted by molar-refractivity contribution is 5.86. The third kappa shape index (κ3) is 2.23. The van der Waals surface area contributed by atoms with Gasteiger partial charge in [-0.25, -0.2) is 0 Å². The van der Waals surface area contributed by atoms with Gasteiger partial charge in [-0.2, -0.15) is 0 Å². The largest absolute Gasteiger partial charge is 0.390 e. The Bertz CT molecular complexity index is 163. The Morgan fingerprint density at radius 1 is 1.42 bits per heavy atom.